The molecule has 1 saturated heterocycles. The van der Waals surface area contributed by atoms with Crippen LogP contribution in [0.15, 0.2) is 30.0 Å². The van der Waals surface area contributed by atoms with Gasteiger partial charge in [0.05, 0.1) is 18.1 Å². The lowest BCUT2D eigenvalue weighted by atomic mass is 9.82. The van der Waals surface area contributed by atoms with Gasteiger partial charge in [0.15, 0.2) is 0 Å². The second-order valence-electron chi connectivity index (χ2n) is 7.09. The van der Waals surface area contributed by atoms with Gasteiger partial charge in [-0.1, -0.05) is 12.1 Å². The van der Waals surface area contributed by atoms with E-state index in [2.05, 4.69) is 5.32 Å². The van der Waals surface area contributed by atoms with Crippen LogP contribution in [-0.4, -0.2) is 51.1 Å². The van der Waals surface area contributed by atoms with E-state index in [1.807, 2.05) is 13.8 Å². The fourth-order valence-electron chi connectivity index (χ4n) is 3.72. The van der Waals surface area contributed by atoms with Crippen molar-refractivity contribution in [3.63, 3.8) is 0 Å². The van der Waals surface area contributed by atoms with Crippen molar-refractivity contribution < 1.29 is 24.6 Å². The van der Waals surface area contributed by atoms with Crippen LogP contribution in [-0.2, 0) is 9.59 Å². The maximum atomic E-state index is 12.3. The summed E-state index contributed by atoms with van der Waals surface area (Å²) in [7, 11) is 0. The van der Waals surface area contributed by atoms with Crippen molar-refractivity contribution in [2.75, 3.05) is 0 Å². The normalized spacial score (nSPS) is 23.0. The van der Waals surface area contributed by atoms with E-state index in [4.69, 9.17) is 0 Å². The maximum Gasteiger partial charge on any atom is 0.352 e. The molecule has 0 bridgehead atoms. The molecule has 0 aliphatic carbocycles. The standard InChI is InChI=1S/C19H22N2O5/c1-9(2)20-17(23)12-6-4-5-11(7-12)13-8-14-15(10(3)22)18(24)21(14)16(13)19(25)26/h4-7,9-10,14-15,22H,8H2,1-3H3,(H,20,23)(H,25,26). The van der Waals surface area contributed by atoms with Crippen molar-refractivity contribution in [3.05, 3.63) is 41.1 Å². The number of benzene rings is 1. The second kappa shape index (κ2) is 6.57. The minimum absolute atomic E-state index is 0.0159. The molecule has 3 rings (SSSR count). The predicted molar refractivity (Wildman–Crippen MR) is 94.0 cm³/mol. The summed E-state index contributed by atoms with van der Waals surface area (Å²) in [5.41, 5.74) is 1.49. The Hall–Kier alpha value is -2.67. The highest BCUT2D eigenvalue weighted by molar-refractivity contribution is 6.06. The van der Waals surface area contributed by atoms with E-state index < -0.39 is 18.0 Å². The first kappa shape index (κ1) is 18.1. The maximum absolute atomic E-state index is 12.3. The van der Waals surface area contributed by atoms with Gasteiger partial charge in [0.25, 0.3) is 5.91 Å². The quantitative estimate of drug-likeness (QED) is 0.687. The van der Waals surface area contributed by atoms with Gasteiger partial charge >= 0.3 is 5.97 Å². The third kappa shape index (κ3) is 2.88. The highest BCUT2D eigenvalue weighted by Crippen LogP contribution is 2.46. The Morgan fingerprint density at radius 1 is 1.27 bits per heavy atom. The number of aliphatic hydroxyl groups excluding tert-OH is 1. The first-order valence-corrected chi connectivity index (χ1v) is 8.61. The lowest BCUT2D eigenvalue weighted by Gasteiger charge is -2.44. The Kier molecular flexibility index (Phi) is 4.58. The second-order valence-corrected chi connectivity index (χ2v) is 7.09. The summed E-state index contributed by atoms with van der Waals surface area (Å²) in [6, 6.07) is 6.37. The average molecular weight is 358 g/mol. The third-order valence-electron chi connectivity index (χ3n) is 4.82. The number of carboxylic acids is 1. The molecule has 138 valence electrons. The number of fused-ring (bicyclic) bond motifs is 1. The Balaban J connectivity index is 1.97. The molecule has 7 nitrogen and oxygen atoms in total. The van der Waals surface area contributed by atoms with Crippen LogP contribution in [0, 0.1) is 5.92 Å². The molecule has 2 aliphatic rings. The van der Waals surface area contributed by atoms with Crippen LogP contribution in [0.1, 0.15) is 43.1 Å². The first-order valence-electron chi connectivity index (χ1n) is 8.61. The average Bonchev–Trinajstić information content (AvgIpc) is 2.89. The molecule has 0 radical (unpaired) electrons. The molecule has 3 unspecified atom stereocenters. The third-order valence-corrected chi connectivity index (χ3v) is 4.82. The van der Waals surface area contributed by atoms with Gasteiger partial charge in [-0.15, -0.1) is 0 Å². The van der Waals surface area contributed by atoms with Crippen LogP contribution in [0.25, 0.3) is 5.57 Å². The Morgan fingerprint density at radius 3 is 2.54 bits per heavy atom. The summed E-state index contributed by atoms with van der Waals surface area (Å²) < 4.78 is 0. The largest absolute Gasteiger partial charge is 0.477 e. The van der Waals surface area contributed by atoms with E-state index in [-0.39, 0.29) is 29.6 Å². The number of nitrogens with one attached hydrogen (secondary N) is 1. The number of carbonyl (C=O) groups is 3. The van der Waals surface area contributed by atoms with Crippen molar-refractivity contribution in [2.24, 2.45) is 5.92 Å². The molecule has 1 aromatic carbocycles. The number of carboxylic acid groups (broad SMARTS) is 1. The van der Waals surface area contributed by atoms with Gasteiger partial charge < -0.3 is 20.4 Å². The summed E-state index contributed by atoms with van der Waals surface area (Å²) in [5.74, 6) is -2.38. The Morgan fingerprint density at radius 2 is 1.96 bits per heavy atom. The van der Waals surface area contributed by atoms with Crippen LogP contribution >= 0.6 is 0 Å². The van der Waals surface area contributed by atoms with Gasteiger partial charge in [-0.2, -0.15) is 0 Å². The Labute approximate surface area is 151 Å². The van der Waals surface area contributed by atoms with Gasteiger partial charge in [0.2, 0.25) is 5.91 Å². The summed E-state index contributed by atoms with van der Waals surface area (Å²) >= 11 is 0. The summed E-state index contributed by atoms with van der Waals surface area (Å²) in [4.78, 5) is 37.5. The van der Waals surface area contributed by atoms with Gasteiger partial charge in [0.1, 0.15) is 5.70 Å². The first-order chi connectivity index (χ1) is 12.2. The number of amides is 2. The lowest BCUT2D eigenvalue weighted by Crippen LogP contribution is -2.61. The van der Waals surface area contributed by atoms with E-state index in [1.54, 1.807) is 24.3 Å². The monoisotopic (exact) mass is 358 g/mol. The predicted octanol–water partition coefficient (Wildman–Crippen LogP) is 1.23. The Bertz CT molecular complexity index is 812. The van der Waals surface area contributed by atoms with Crippen LogP contribution in [0.4, 0.5) is 0 Å². The number of aliphatic carboxylic acids is 1. The molecule has 1 fully saturated rings. The molecule has 3 atom stereocenters. The van der Waals surface area contributed by atoms with Crippen molar-refractivity contribution in [1.82, 2.24) is 10.2 Å². The number of β-lactam (4-membered cyclic amide) rings is 1. The molecule has 3 N–H and O–H groups in total. The fraction of sp³-hybridized carbons (Fsp3) is 0.421. The minimum atomic E-state index is -1.18. The molecule has 7 heteroatoms. The van der Waals surface area contributed by atoms with Gasteiger partial charge in [-0.25, -0.2) is 4.79 Å². The number of hydrogen-bond acceptors (Lipinski definition) is 4. The minimum Gasteiger partial charge on any atom is -0.477 e. The molecule has 0 aromatic heterocycles. The SMILES string of the molecule is CC(C)NC(=O)c1cccc(C2=C(C(=O)O)N3C(=O)C(C(C)O)C3C2)c1. The van der Waals surface area contributed by atoms with E-state index in [0.717, 1.165) is 0 Å². The molecular weight excluding hydrogens is 336 g/mol. The number of hydrogen-bond donors (Lipinski definition) is 3. The van der Waals surface area contributed by atoms with Gasteiger partial charge in [-0.05, 0) is 50.5 Å². The van der Waals surface area contributed by atoms with Crippen LogP contribution in [0.3, 0.4) is 0 Å². The molecule has 0 spiro atoms. The fourth-order valence-corrected chi connectivity index (χ4v) is 3.72. The number of carbonyl (C=O) groups excluding carboxylic acids is 2. The molecule has 2 amide bonds. The van der Waals surface area contributed by atoms with E-state index in [0.29, 0.717) is 23.1 Å². The van der Waals surface area contributed by atoms with Crippen molar-refractivity contribution in [3.8, 4) is 0 Å². The molecule has 2 heterocycles. The van der Waals surface area contributed by atoms with Crippen molar-refractivity contribution >= 4 is 23.4 Å². The van der Waals surface area contributed by atoms with Gasteiger partial charge in [0, 0.05) is 11.6 Å². The zero-order chi connectivity index (χ0) is 19.2. The summed E-state index contributed by atoms with van der Waals surface area (Å²) in [6.07, 6.45) is -0.487. The van der Waals surface area contributed by atoms with Crippen molar-refractivity contribution in [1.29, 1.82) is 0 Å². The molecule has 26 heavy (non-hydrogen) atoms. The molecule has 0 saturated carbocycles. The molecule has 2 aliphatic heterocycles. The van der Waals surface area contributed by atoms with Crippen molar-refractivity contribution in [2.45, 2.75) is 45.4 Å². The highest BCUT2D eigenvalue weighted by Gasteiger charge is 2.56. The van der Waals surface area contributed by atoms with Gasteiger partial charge in [-0.3, -0.25) is 9.59 Å². The number of rotatable bonds is 5. The summed E-state index contributed by atoms with van der Waals surface area (Å²) in [6.45, 7) is 5.25. The van der Waals surface area contributed by atoms with Crippen LogP contribution in [0.5, 0.6) is 0 Å². The molecular formula is C19H22N2O5. The molecule has 1 aromatic rings. The van der Waals surface area contributed by atoms with Crippen LogP contribution < -0.4 is 5.32 Å². The van der Waals surface area contributed by atoms with E-state index >= 15 is 0 Å². The zero-order valence-electron chi connectivity index (χ0n) is 14.9. The lowest BCUT2D eigenvalue weighted by molar-refractivity contribution is -0.161. The topological polar surface area (TPSA) is 107 Å². The smallest absolute Gasteiger partial charge is 0.352 e. The highest BCUT2D eigenvalue weighted by atomic mass is 16.4. The zero-order valence-corrected chi connectivity index (χ0v) is 14.9. The summed E-state index contributed by atoms with van der Waals surface area (Å²) in [5, 5.41) is 22.2. The van der Waals surface area contributed by atoms with E-state index in [9.17, 15) is 24.6 Å². The van der Waals surface area contributed by atoms with E-state index in [1.165, 1.54) is 11.8 Å². The number of nitrogens with zero attached hydrogens (tertiary/aromatic N) is 1. The number of aliphatic hydroxyl groups is 1. The van der Waals surface area contributed by atoms with Crippen LogP contribution in [0.2, 0.25) is 0 Å².